The molecule has 1 fully saturated rings. The Kier molecular flexibility index (Phi) is 5.47. The summed E-state index contributed by atoms with van der Waals surface area (Å²) in [5, 5.41) is 2.51. The van der Waals surface area contributed by atoms with E-state index in [1.807, 2.05) is 18.2 Å². The number of methoxy groups -OCH3 is 1. The van der Waals surface area contributed by atoms with Crippen molar-refractivity contribution in [3.63, 3.8) is 0 Å². The lowest BCUT2D eigenvalue weighted by Gasteiger charge is -2.32. The van der Waals surface area contributed by atoms with Crippen molar-refractivity contribution in [2.45, 2.75) is 51.2 Å². The SMILES string of the molecule is CCC(N)C1CCC(Oc2cc3ccnc(OC)c3cc2Cl)CC1. The van der Waals surface area contributed by atoms with Gasteiger partial charge < -0.3 is 15.2 Å². The highest BCUT2D eigenvalue weighted by Gasteiger charge is 2.26. The van der Waals surface area contributed by atoms with Crippen LogP contribution >= 0.6 is 11.6 Å². The van der Waals surface area contributed by atoms with E-state index in [0.29, 0.717) is 22.9 Å². The molecule has 1 unspecified atom stereocenters. The Bertz CT molecular complexity index is 699. The van der Waals surface area contributed by atoms with Gasteiger partial charge in [0.15, 0.2) is 0 Å². The molecule has 0 bridgehead atoms. The van der Waals surface area contributed by atoms with Crippen LogP contribution in [0, 0.1) is 5.92 Å². The van der Waals surface area contributed by atoms with Crippen LogP contribution < -0.4 is 15.2 Å². The Morgan fingerprint density at radius 2 is 2.04 bits per heavy atom. The van der Waals surface area contributed by atoms with Crippen molar-refractivity contribution in [3.8, 4) is 11.6 Å². The van der Waals surface area contributed by atoms with Gasteiger partial charge in [-0.1, -0.05) is 18.5 Å². The molecule has 1 aliphatic rings. The fraction of sp³-hybridized carbons (Fsp3) is 0.526. The topological polar surface area (TPSA) is 57.4 Å². The number of fused-ring (bicyclic) bond motifs is 1. The average Bonchev–Trinajstić information content (AvgIpc) is 2.62. The van der Waals surface area contributed by atoms with E-state index in [1.54, 1.807) is 13.3 Å². The molecule has 1 heterocycles. The van der Waals surface area contributed by atoms with Gasteiger partial charge in [0.1, 0.15) is 5.75 Å². The second-order valence-electron chi connectivity index (χ2n) is 6.55. The van der Waals surface area contributed by atoms with E-state index >= 15 is 0 Å². The number of hydrogen-bond donors (Lipinski definition) is 1. The first-order valence-corrected chi connectivity index (χ1v) is 9.04. The highest BCUT2D eigenvalue weighted by molar-refractivity contribution is 6.33. The summed E-state index contributed by atoms with van der Waals surface area (Å²) in [6, 6.07) is 6.11. The summed E-state index contributed by atoms with van der Waals surface area (Å²) in [5.41, 5.74) is 6.18. The van der Waals surface area contributed by atoms with Gasteiger partial charge in [0.2, 0.25) is 5.88 Å². The molecule has 4 nitrogen and oxygen atoms in total. The second kappa shape index (κ2) is 7.58. The van der Waals surface area contributed by atoms with Crippen LogP contribution in [0.2, 0.25) is 5.02 Å². The van der Waals surface area contributed by atoms with E-state index < -0.39 is 0 Å². The molecule has 0 radical (unpaired) electrons. The molecular formula is C19H25ClN2O2. The quantitative estimate of drug-likeness (QED) is 0.859. The maximum absolute atomic E-state index is 6.42. The molecule has 24 heavy (non-hydrogen) atoms. The van der Waals surface area contributed by atoms with E-state index in [0.717, 1.165) is 48.6 Å². The minimum absolute atomic E-state index is 0.212. The van der Waals surface area contributed by atoms with Gasteiger partial charge in [0.05, 0.1) is 18.2 Å². The molecule has 5 heteroatoms. The Morgan fingerprint density at radius 3 is 2.71 bits per heavy atom. The summed E-state index contributed by atoms with van der Waals surface area (Å²) in [7, 11) is 1.61. The van der Waals surface area contributed by atoms with Crippen molar-refractivity contribution in [1.82, 2.24) is 4.98 Å². The predicted molar refractivity (Wildman–Crippen MR) is 97.9 cm³/mol. The number of nitrogens with two attached hydrogens (primary N) is 1. The minimum Gasteiger partial charge on any atom is -0.489 e. The van der Waals surface area contributed by atoms with Crippen LogP contribution in [0.5, 0.6) is 11.6 Å². The summed E-state index contributed by atoms with van der Waals surface area (Å²) in [6.45, 7) is 2.16. The third-order valence-corrected chi connectivity index (χ3v) is 5.36. The monoisotopic (exact) mass is 348 g/mol. The zero-order chi connectivity index (χ0) is 17.1. The fourth-order valence-corrected chi connectivity index (χ4v) is 3.76. The first-order valence-electron chi connectivity index (χ1n) is 8.66. The lowest BCUT2D eigenvalue weighted by molar-refractivity contribution is 0.122. The van der Waals surface area contributed by atoms with Crippen molar-refractivity contribution in [3.05, 3.63) is 29.4 Å². The molecule has 2 aromatic rings. The van der Waals surface area contributed by atoms with E-state index in [9.17, 15) is 0 Å². The minimum atomic E-state index is 0.212. The van der Waals surface area contributed by atoms with Gasteiger partial charge in [-0.2, -0.15) is 0 Å². The van der Waals surface area contributed by atoms with Crippen LogP contribution in [-0.4, -0.2) is 24.2 Å². The Hall–Kier alpha value is -1.52. The Labute approximate surface area is 148 Å². The third-order valence-electron chi connectivity index (χ3n) is 5.06. The van der Waals surface area contributed by atoms with Gasteiger partial charge >= 0.3 is 0 Å². The van der Waals surface area contributed by atoms with Gasteiger partial charge in [-0.25, -0.2) is 4.98 Å². The Morgan fingerprint density at radius 1 is 1.29 bits per heavy atom. The highest BCUT2D eigenvalue weighted by Crippen LogP contribution is 2.36. The largest absolute Gasteiger partial charge is 0.489 e. The molecule has 1 saturated carbocycles. The highest BCUT2D eigenvalue weighted by atomic mass is 35.5. The molecule has 1 aromatic heterocycles. The molecule has 1 atom stereocenters. The van der Waals surface area contributed by atoms with Gasteiger partial charge in [-0.3, -0.25) is 0 Å². The molecule has 2 N–H and O–H groups in total. The number of aromatic nitrogens is 1. The number of halogens is 1. The lowest BCUT2D eigenvalue weighted by atomic mass is 9.82. The number of hydrogen-bond acceptors (Lipinski definition) is 4. The summed E-state index contributed by atoms with van der Waals surface area (Å²) >= 11 is 6.42. The molecule has 0 spiro atoms. The Balaban J connectivity index is 1.73. The summed E-state index contributed by atoms with van der Waals surface area (Å²) in [6.07, 6.45) is 7.31. The molecule has 0 amide bonds. The van der Waals surface area contributed by atoms with Crippen molar-refractivity contribution in [2.24, 2.45) is 11.7 Å². The zero-order valence-electron chi connectivity index (χ0n) is 14.3. The number of nitrogens with zero attached hydrogens (tertiary/aromatic N) is 1. The summed E-state index contributed by atoms with van der Waals surface area (Å²) in [4.78, 5) is 4.21. The number of pyridine rings is 1. The van der Waals surface area contributed by atoms with Crippen molar-refractivity contribution >= 4 is 22.4 Å². The fourth-order valence-electron chi connectivity index (χ4n) is 3.55. The normalized spacial score (nSPS) is 22.3. The molecule has 1 aliphatic carbocycles. The molecule has 0 aliphatic heterocycles. The summed E-state index contributed by atoms with van der Waals surface area (Å²) in [5.74, 6) is 1.94. The van der Waals surface area contributed by atoms with Gasteiger partial charge in [-0.15, -0.1) is 0 Å². The van der Waals surface area contributed by atoms with E-state index in [2.05, 4.69) is 11.9 Å². The molecule has 130 valence electrons. The van der Waals surface area contributed by atoms with Crippen LogP contribution in [0.25, 0.3) is 10.8 Å². The van der Waals surface area contributed by atoms with Gasteiger partial charge in [-0.05, 0) is 61.6 Å². The van der Waals surface area contributed by atoms with Crippen molar-refractivity contribution in [1.29, 1.82) is 0 Å². The van der Waals surface area contributed by atoms with Crippen LogP contribution in [0.4, 0.5) is 0 Å². The zero-order valence-corrected chi connectivity index (χ0v) is 15.1. The van der Waals surface area contributed by atoms with Gasteiger partial charge in [0.25, 0.3) is 0 Å². The standard InChI is InChI=1S/C19H25ClN2O2/c1-3-17(21)12-4-6-14(7-5-12)24-18-10-13-8-9-22-19(23-2)15(13)11-16(18)20/h8-12,14,17H,3-7,21H2,1-2H3. The van der Waals surface area contributed by atoms with Crippen LogP contribution in [0.3, 0.4) is 0 Å². The smallest absolute Gasteiger partial charge is 0.221 e. The molecule has 1 aromatic carbocycles. The third kappa shape index (κ3) is 3.60. The number of ether oxygens (including phenoxy) is 2. The van der Waals surface area contributed by atoms with E-state index in [4.69, 9.17) is 26.8 Å². The lowest BCUT2D eigenvalue weighted by Crippen LogP contribution is -2.35. The number of benzene rings is 1. The summed E-state index contributed by atoms with van der Waals surface area (Å²) < 4.78 is 11.5. The maximum atomic E-state index is 6.42. The van der Waals surface area contributed by atoms with E-state index in [1.165, 1.54) is 0 Å². The van der Waals surface area contributed by atoms with E-state index in [-0.39, 0.29) is 6.10 Å². The molecular weight excluding hydrogens is 324 g/mol. The van der Waals surface area contributed by atoms with Crippen LogP contribution in [-0.2, 0) is 0 Å². The maximum Gasteiger partial charge on any atom is 0.221 e. The number of rotatable bonds is 5. The molecule has 3 rings (SSSR count). The predicted octanol–water partition coefficient (Wildman–Crippen LogP) is 4.57. The average molecular weight is 349 g/mol. The van der Waals surface area contributed by atoms with Crippen LogP contribution in [0.15, 0.2) is 24.4 Å². The van der Waals surface area contributed by atoms with Gasteiger partial charge in [0, 0.05) is 17.6 Å². The van der Waals surface area contributed by atoms with Crippen LogP contribution in [0.1, 0.15) is 39.0 Å². The van der Waals surface area contributed by atoms with Crippen molar-refractivity contribution in [2.75, 3.05) is 7.11 Å². The first-order chi connectivity index (χ1) is 11.6. The van der Waals surface area contributed by atoms with Crippen molar-refractivity contribution < 1.29 is 9.47 Å². The second-order valence-corrected chi connectivity index (χ2v) is 6.96. The molecule has 0 saturated heterocycles. The first kappa shape index (κ1) is 17.3.